The largest absolute Gasteiger partial charge is 0.385 e. The van der Waals surface area contributed by atoms with E-state index in [1.54, 1.807) is 6.20 Å². The van der Waals surface area contributed by atoms with Crippen molar-refractivity contribution >= 4 is 5.82 Å². The lowest BCUT2D eigenvalue weighted by Gasteiger charge is -2.30. The zero-order chi connectivity index (χ0) is 11.5. The van der Waals surface area contributed by atoms with Crippen molar-refractivity contribution in [3.05, 3.63) is 22.2 Å². The van der Waals surface area contributed by atoms with E-state index in [9.17, 15) is 4.79 Å². The van der Waals surface area contributed by atoms with Gasteiger partial charge in [-0.1, -0.05) is 6.92 Å². The molecule has 2 rings (SSSR count). The van der Waals surface area contributed by atoms with Crippen LogP contribution in [-0.2, 0) is 6.54 Å². The molecule has 1 aromatic rings. The fraction of sp³-hybridized carbons (Fsp3) is 0.636. The fourth-order valence-corrected chi connectivity index (χ4v) is 2.23. The molecule has 5 heteroatoms. The van der Waals surface area contributed by atoms with E-state index in [1.165, 1.54) is 12.8 Å². The first-order valence-corrected chi connectivity index (χ1v) is 5.71. The van der Waals surface area contributed by atoms with Gasteiger partial charge in [-0.15, -0.1) is 0 Å². The molecule has 2 heterocycles. The van der Waals surface area contributed by atoms with Gasteiger partial charge in [-0.2, -0.15) is 0 Å². The van der Waals surface area contributed by atoms with Crippen molar-refractivity contribution in [3.63, 3.8) is 0 Å². The molecule has 3 N–H and O–H groups in total. The van der Waals surface area contributed by atoms with Crippen LogP contribution in [0.4, 0.5) is 5.82 Å². The maximum atomic E-state index is 10.9. The van der Waals surface area contributed by atoms with Crippen molar-refractivity contribution in [1.82, 2.24) is 14.9 Å². The van der Waals surface area contributed by atoms with Crippen LogP contribution in [0.25, 0.3) is 0 Å². The number of anilines is 1. The molecule has 1 atom stereocenters. The zero-order valence-electron chi connectivity index (χ0n) is 9.57. The highest BCUT2D eigenvalue weighted by molar-refractivity contribution is 5.36. The summed E-state index contributed by atoms with van der Waals surface area (Å²) < 4.78 is 0. The Morgan fingerprint density at radius 2 is 2.50 bits per heavy atom. The van der Waals surface area contributed by atoms with Gasteiger partial charge in [0.2, 0.25) is 0 Å². The highest BCUT2D eigenvalue weighted by Crippen LogP contribution is 2.18. The number of piperidine rings is 1. The minimum absolute atomic E-state index is 0.381. The van der Waals surface area contributed by atoms with E-state index in [0.29, 0.717) is 5.82 Å². The van der Waals surface area contributed by atoms with Crippen LogP contribution in [0.1, 0.15) is 25.3 Å². The third-order valence-electron chi connectivity index (χ3n) is 3.06. The highest BCUT2D eigenvalue weighted by Gasteiger charge is 2.17. The number of nitrogens with one attached hydrogen (secondary N) is 1. The topological polar surface area (TPSA) is 75.0 Å². The Labute approximate surface area is 94.7 Å². The van der Waals surface area contributed by atoms with E-state index in [0.717, 1.165) is 31.1 Å². The van der Waals surface area contributed by atoms with E-state index in [2.05, 4.69) is 21.8 Å². The van der Waals surface area contributed by atoms with E-state index in [-0.39, 0.29) is 5.69 Å². The number of nitrogen functional groups attached to an aromatic ring is 1. The SMILES string of the molecule is CC1CCCN(Cc2cnc(=O)[nH]c2N)C1. The number of aromatic nitrogens is 2. The molecule has 1 aliphatic rings. The summed E-state index contributed by atoms with van der Waals surface area (Å²) >= 11 is 0. The lowest BCUT2D eigenvalue weighted by atomic mass is 10.00. The summed E-state index contributed by atoms with van der Waals surface area (Å²) in [4.78, 5) is 19.5. The van der Waals surface area contributed by atoms with E-state index >= 15 is 0 Å². The summed E-state index contributed by atoms with van der Waals surface area (Å²) in [5, 5.41) is 0. The predicted octanol–water partition coefficient (Wildman–Crippen LogP) is 0.584. The molecule has 0 bridgehead atoms. The van der Waals surface area contributed by atoms with Gasteiger partial charge < -0.3 is 5.73 Å². The third kappa shape index (κ3) is 2.61. The Kier molecular flexibility index (Phi) is 3.24. The minimum Gasteiger partial charge on any atom is -0.385 e. The summed E-state index contributed by atoms with van der Waals surface area (Å²) in [7, 11) is 0. The molecule has 1 fully saturated rings. The van der Waals surface area contributed by atoms with Gasteiger partial charge in [-0.05, 0) is 25.3 Å². The molecule has 1 saturated heterocycles. The van der Waals surface area contributed by atoms with Crippen LogP contribution in [0.2, 0.25) is 0 Å². The van der Waals surface area contributed by atoms with Crippen molar-refractivity contribution in [2.75, 3.05) is 18.8 Å². The van der Waals surface area contributed by atoms with Crippen molar-refractivity contribution < 1.29 is 0 Å². The van der Waals surface area contributed by atoms with Gasteiger partial charge in [0.15, 0.2) is 0 Å². The van der Waals surface area contributed by atoms with Gasteiger partial charge in [0.25, 0.3) is 0 Å². The second-order valence-electron chi connectivity index (χ2n) is 4.61. The van der Waals surface area contributed by atoms with Crippen LogP contribution in [0.3, 0.4) is 0 Å². The summed E-state index contributed by atoms with van der Waals surface area (Å²) in [5.74, 6) is 1.18. The van der Waals surface area contributed by atoms with Gasteiger partial charge in [-0.25, -0.2) is 9.78 Å². The molecule has 1 unspecified atom stereocenters. The van der Waals surface area contributed by atoms with Crippen molar-refractivity contribution in [3.8, 4) is 0 Å². The minimum atomic E-state index is -0.381. The molecular weight excluding hydrogens is 204 g/mol. The highest BCUT2D eigenvalue weighted by atomic mass is 16.1. The number of hydrogen-bond donors (Lipinski definition) is 2. The third-order valence-corrected chi connectivity index (χ3v) is 3.06. The zero-order valence-corrected chi connectivity index (χ0v) is 9.57. The molecule has 88 valence electrons. The van der Waals surface area contributed by atoms with Crippen molar-refractivity contribution in [1.29, 1.82) is 0 Å². The molecule has 1 aromatic heterocycles. The average molecular weight is 222 g/mol. The van der Waals surface area contributed by atoms with Gasteiger partial charge in [0.05, 0.1) is 0 Å². The number of nitrogens with zero attached hydrogens (tertiary/aromatic N) is 2. The lowest BCUT2D eigenvalue weighted by molar-refractivity contribution is 0.176. The van der Waals surface area contributed by atoms with Gasteiger partial charge in [0.1, 0.15) is 5.82 Å². The summed E-state index contributed by atoms with van der Waals surface area (Å²) in [6.45, 7) is 5.24. The Hall–Kier alpha value is -1.36. The van der Waals surface area contributed by atoms with E-state index in [4.69, 9.17) is 5.73 Å². The first kappa shape index (κ1) is 11.1. The van der Waals surface area contributed by atoms with Crippen molar-refractivity contribution in [2.24, 2.45) is 5.92 Å². The van der Waals surface area contributed by atoms with Crippen LogP contribution < -0.4 is 11.4 Å². The number of H-pyrrole nitrogens is 1. The standard InChI is InChI=1S/C11H18N4O/c1-8-3-2-4-15(6-8)7-9-5-13-11(16)14-10(9)12/h5,8H,2-4,6-7H2,1H3,(H3,12,13,14,16). The first-order valence-electron chi connectivity index (χ1n) is 5.71. The molecule has 0 aliphatic carbocycles. The van der Waals surface area contributed by atoms with Crippen LogP contribution in [0.5, 0.6) is 0 Å². The average Bonchev–Trinajstić information content (AvgIpc) is 2.22. The number of nitrogens with two attached hydrogens (primary N) is 1. The Bertz CT molecular complexity index is 415. The fourth-order valence-electron chi connectivity index (χ4n) is 2.23. The van der Waals surface area contributed by atoms with Gasteiger partial charge in [0, 0.05) is 24.8 Å². The lowest BCUT2D eigenvalue weighted by Crippen LogP contribution is -2.34. The molecule has 0 aromatic carbocycles. The second-order valence-corrected chi connectivity index (χ2v) is 4.61. The van der Waals surface area contributed by atoms with E-state index in [1.807, 2.05) is 0 Å². The molecule has 0 saturated carbocycles. The normalized spacial score (nSPS) is 22.2. The number of rotatable bonds is 2. The first-order chi connectivity index (χ1) is 7.65. The smallest absolute Gasteiger partial charge is 0.346 e. The molecule has 5 nitrogen and oxygen atoms in total. The molecule has 0 amide bonds. The Morgan fingerprint density at radius 1 is 1.69 bits per heavy atom. The summed E-state index contributed by atoms with van der Waals surface area (Å²) in [5.41, 5.74) is 6.28. The van der Waals surface area contributed by atoms with Crippen LogP contribution in [-0.4, -0.2) is 28.0 Å². The Morgan fingerprint density at radius 3 is 3.19 bits per heavy atom. The number of likely N-dealkylation sites (tertiary alicyclic amines) is 1. The van der Waals surface area contributed by atoms with Gasteiger partial charge in [-0.3, -0.25) is 9.88 Å². The Balaban J connectivity index is 2.05. The number of aromatic amines is 1. The van der Waals surface area contributed by atoms with Crippen LogP contribution >= 0.6 is 0 Å². The quantitative estimate of drug-likeness (QED) is 0.767. The maximum absolute atomic E-state index is 10.9. The number of hydrogen-bond acceptors (Lipinski definition) is 4. The van der Waals surface area contributed by atoms with Crippen molar-refractivity contribution in [2.45, 2.75) is 26.3 Å². The maximum Gasteiger partial charge on any atom is 0.346 e. The molecular formula is C11H18N4O. The van der Waals surface area contributed by atoms with Crippen LogP contribution in [0, 0.1) is 5.92 Å². The molecule has 16 heavy (non-hydrogen) atoms. The summed E-state index contributed by atoms with van der Waals surface area (Å²) in [6, 6.07) is 0. The van der Waals surface area contributed by atoms with Gasteiger partial charge >= 0.3 is 5.69 Å². The molecule has 1 aliphatic heterocycles. The summed E-state index contributed by atoms with van der Waals surface area (Å²) in [6.07, 6.45) is 4.11. The monoisotopic (exact) mass is 222 g/mol. The predicted molar refractivity (Wildman–Crippen MR) is 62.9 cm³/mol. The molecule has 0 spiro atoms. The van der Waals surface area contributed by atoms with Crippen LogP contribution in [0.15, 0.2) is 11.0 Å². The second kappa shape index (κ2) is 4.65. The van der Waals surface area contributed by atoms with E-state index < -0.39 is 0 Å². The molecule has 0 radical (unpaired) electrons.